The fourth-order valence-electron chi connectivity index (χ4n) is 3.21. The molecular formula is C17H18O3. The lowest BCUT2D eigenvalue weighted by Crippen LogP contribution is -2.15. The van der Waals surface area contributed by atoms with Crippen LogP contribution in [0, 0.1) is 5.92 Å². The highest BCUT2D eigenvalue weighted by molar-refractivity contribution is 6.12. The molecule has 0 bridgehead atoms. The minimum Gasteiger partial charge on any atom is -0.386 e. The monoisotopic (exact) mass is 270 g/mol. The Morgan fingerprint density at radius 2 is 1.65 bits per heavy atom. The molecule has 1 heterocycles. The molecule has 0 N–H and O–H groups in total. The van der Waals surface area contributed by atoms with Crippen molar-refractivity contribution in [2.75, 3.05) is 0 Å². The van der Waals surface area contributed by atoms with Crippen molar-refractivity contribution < 1.29 is 14.3 Å². The molecule has 1 aromatic rings. The summed E-state index contributed by atoms with van der Waals surface area (Å²) in [5.74, 6) is -0.645. The van der Waals surface area contributed by atoms with E-state index in [0.29, 0.717) is 17.6 Å². The maximum Gasteiger partial charge on any atom is 0.342 e. The van der Waals surface area contributed by atoms with Crippen molar-refractivity contribution in [1.82, 2.24) is 0 Å². The van der Waals surface area contributed by atoms with E-state index in [4.69, 9.17) is 4.74 Å². The van der Waals surface area contributed by atoms with Gasteiger partial charge in [-0.3, -0.25) is 0 Å². The van der Waals surface area contributed by atoms with Crippen LogP contribution in [0.1, 0.15) is 37.7 Å². The van der Waals surface area contributed by atoms with Crippen molar-refractivity contribution >= 4 is 11.9 Å². The first-order valence-corrected chi connectivity index (χ1v) is 7.29. The van der Waals surface area contributed by atoms with Crippen LogP contribution in [0.2, 0.25) is 0 Å². The second kappa shape index (κ2) is 5.61. The van der Waals surface area contributed by atoms with Gasteiger partial charge in [-0.15, -0.1) is 0 Å². The highest BCUT2D eigenvalue weighted by Crippen LogP contribution is 2.36. The third kappa shape index (κ3) is 2.53. The van der Waals surface area contributed by atoms with Crippen LogP contribution in [0.15, 0.2) is 41.5 Å². The van der Waals surface area contributed by atoms with Crippen LogP contribution in [0.5, 0.6) is 0 Å². The maximum atomic E-state index is 12.0. The van der Waals surface area contributed by atoms with Crippen LogP contribution in [0.4, 0.5) is 0 Å². The normalized spacial score (nSPS) is 20.4. The Morgan fingerprint density at radius 1 is 0.950 bits per heavy atom. The first-order valence-electron chi connectivity index (χ1n) is 7.29. The van der Waals surface area contributed by atoms with E-state index in [1.165, 1.54) is 6.42 Å². The van der Waals surface area contributed by atoms with Crippen LogP contribution in [0.25, 0.3) is 0 Å². The van der Waals surface area contributed by atoms with Gasteiger partial charge in [0.15, 0.2) is 0 Å². The maximum absolute atomic E-state index is 12.0. The zero-order valence-corrected chi connectivity index (χ0v) is 11.4. The fourth-order valence-corrected chi connectivity index (χ4v) is 3.21. The molecule has 0 radical (unpaired) electrons. The molecule has 0 atom stereocenters. The van der Waals surface area contributed by atoms with Gasteiger partial charge >= 0.3 is 11.9 Å². The van der Waals surface area contributed by atoms with Gasteiger partial charge in [0, 0.05) is 6.42 Å². The predicted octanol–water partition coefficient (Wildman–Crippen LogP) is 3.19. The van der Waals surface area contributed by atoms with Crippen LogP contribution < -0.4 is 0 Å². The fraction of sp³-hybridized carbons (Fsp3) is 0.412. The number of hydrogen-bond acceptors (Lipinski definition) is 3. The summed E-state index contributed by atoms with van der Waals surface area (Å²) in [5.41, 5.74) is 2.27. The quantitative estimate of drug-likeness (QED) is 0.626. The van der Waals surface area contributed by atoms with Crippen molar-refractivity contribution in [3.8, 4) is 0 Å². The number of rotatable bonds is 3. The number of carbonyl (C=O) groups is 2. The smallest absolute Gasteiger partial charge is 0.342 e. The number of carbonyl (C=O) groups excluding carboxylic acids is 2. The van der Waals surface area contributed by atoms with Crippen LogP contribution in [-0.4, -0.2) is 11.9 Å². The Morgan fingerprint density at radius 3 is 2.35 bits per heavy atom. The van der Waals surface area contributed by atoms with Gasteiger partial charge in [-0.1, -0.05) is 49.6 Å². The molecule has 3 heteroatoms. The zero-order chi connectivity index (χ0) is 13.9. The number of cyclic esters (lactones) is 2. The summed E-state index contributed by atoms with van der Waals surface area (Å²) in [7, 11) is 0. The molecule has 1 saturated carbocycles. The topological polar surface area (TPSA) is 43.4 Å². The lowest BCUT2D eigenvalue weighted by atomic mass is 9.81. The third-order valence-electron chi connectivity index (χ3n) is 4.21. The molecule has 0 aromatic heterocycles. The Labute approximate surface area is 118 Å². The SMILES string of the molecule is O=C1OC(=O)C(C2CCCCC2)=C1Cc1ccccc1. The number of benzene rings is 1. The number of esters is 2. The summed E-state index contributed by atoms with van der Waals surface area (Å²) in [6.07, 6.45) is 5.98. The lowest BCUT2D eigenvalue weighted by molar-refractivity contribution is -0.151. The molecule has 0 amide bonds. The van der Waals surface area contributed by atoms with Crippen LogP contribution in [0.3, 0.4) is 0 Å². The summed E-state index contributed by atoms with van der Waals surface area (Å²) in [6, 6.07) is 9.78. The summed E-state index contributed by atoms with van der Waals surface area (Å²) < 4.78 is 4.86. The molecule has 2 aliphatic rings. The van der Waals surface area contributed by atoms with Crippen molar-refractivity contribution in [1.29, 1.82) is 0 Å². The number of hydrogen-bond donors (Lipinski definition) is 0. The Balaban J connectivity index is 1.91. The van der Waals surface area contributed by atoms with Gasteiger partial charge < -0.3 is 4.74 Å². The number of ether oxygens (including phenoxy) is 1. The summed E-state index contributed by atoms with van der Waals surface area (Å²) in [4.78, 5) is 23.9. The van der Waals surface area contributed by atoms with Crippen molar-refractivity contribution in [2.45, 2.75) is 38.5 Å². The molecule has 3 rings (SSSR count). The molecule has 0 saturated heterocycles. The van der Waals surface area contributed by atoms with Gasteiger partial charge in [0.2, 0.25) is 0 Å². The first-order chi connectivity index (χ1) is 9.75. The Kier molecular flexibility index (Phi) is 3.68. The van der Waals surface area contributed by atoms with Gasteiger partial charge in [0.25, 0.3) is 0 Å². The van der Waals surface area contributed by atoms with Crippen LogP contribution >= 0.6 is 0 Å². The van der Waals surface area contributed by atoms with Gasteiger partial charge in [0.05, 0.1) is 11.1 Å². The van der Waals surface area contributed by atoms with Crippen LogP contribution in [-0.2, 0) is 20.7 Å². The molecule has 1 aromatic carbocycles. The first kappa shape index (κ1) is 13.1. The van der Waals surface area contributed by atoms with E-state index in [0.717, 1.165) is 31.2 Å². The average molecular weight is 270 g/mol. The van der Waals surface area contributed by atoms with Gasteiger partial charge in [-0.05, 0) is 24.3 Å². The zero-order valence-electron chi connectivity index (χ0n) is 11.4. The van der Waals surface area contributed by atoms with Gasteiger partial charge in [0.1, 0.15) is 0 Å². The predicted molar refractivity (Wildman–Crippen MR) is 74.8 cm³/mol. The standard InChI is InChI=1S/C17H18O3/c18-16-14(11-12-7-3-1-4-8-12)15(17(19)20-16)13-9-5-2-6-10-13/h1,3-4,7-8,13H,2,5-6,9-11H2. The van der Waals surface area contributed by atoms with Gasteiger partial charge in [-0.2, -0.15) is 0 Å². The second-order valence-corrected chi connectivity index (χ2v) is 5.57. The summed E-state index contributed by atoms with van der Waals surface area (Å²) in [5, 5.41) is 0. The molecular weight excluding hydrogens is 252 g/mol. The average Bonchev–Trinajstić information content (AvgIpc) is 2.75. The van der Waals surface area contributed by atoms with E-state index >= 15 is 0 Å². The molecule has 3 nitrogen and oxygen atoms in total. The Hall–Kier alpha value is -1.90. The molecule has 0 spiro atoms. The van der Waals surface area contributed by atoms with E-state index < -0.39 is 11.9 Å². The molecule has 1 fully saturated rings. The van der Waals surface area contributed by atoms with Gasteiger partial charge in [-0.25, -0.2) is 9.59 Å². The van der Waals surface area contributed by atoms with Crippen molar-refractivity contribution in [3.63, 3.8) is 0 Å². The minimum absolute atomic E-state index is 0.210. The third-order valence-corrected chi connectivity index (χ3v) is 4.21. The van der Waals surface area contributed by atoms with Crippen molar-refractivity contribution in [2.24, 2.45) is 5.92 Å². The van der Waals surface area contributed by atoms with E-state index in [1.54, 1.807) is 0 Å². The lowest BCUT2D eigenvalue weighted by Gasteiger charge is -2.21. The van der Waals surface area contributed by atoms with E-state index in [1.807, 2.05) is 30.3 Å². The highest BCUT2D eigenvalue weighted by Gasteiger charge is 2.37. The summed E-state index contributed by atoms with van der Waals surface area (Å²) >= 11 is 0. The molecule has 1 aliphatic carbocycles. The van der Waals surface area contributed by atoms with E-state index in [9.17, 15) is 9.59 Å². The van der Waals surface area contributed by atoms with E-state index in [2.05, 4.69) is 0 Å². The molecule has 104 valence electrons. The van der Waals surface area contributed by atoms with E-state index in [-0.39, 0.29) is 5.92 Å². The molecule has 1 aliphatic heterocycles. The largest absolute Gasteiger partial charge is 0.386 e. The molecule has 20 heavy (non-hydrogen) atoms. The summed E-state index contributed by atoms with van der Waals surface area (Å²) in [6.45, 7) is 0. The van der Waals surface area contributed by atoms with Crippen molar-refractivity contribution in [3.05, 3.63) is 47.0 Å². The highest BCUT2D eigenvalue weighted by atomic mass is 16.6. The second-order valence-electron chi connectivity index (χ2n) is 5.57. The minimum atomic E-state index is -0.445. The molecule has 0 unspecified atom stereocenters. The Bertz CT molecular complexity index is 551.